The number of hydrogen-bond acceptors (Lipinski definition) is 4. The number of aromatic nitrogens is 3. The van der Waals surface area contributed by atoms with Gasteiger partial charge in [-0.05, 0) is 24.1 Å². The van der Waals surface area contributed by atoms with Crippen LogP contribution in [-0.2, 0) is 17.8 Å². The first-order valence-electron chi connectivity index (χ1n) is 5.62. The summed E-state index contributed by atoms with van der Waals surface area (Å²) in [7, 11) is 0. The van der Waals surface area contributed by atoms with Crippen LogP contribution in [0.2, 0.25) is 5.02 Å². The van der Waals surface area contributed by atoms with Gasteiger partial charge in [-0.1, -0.05) is 35.5 Å². The minimum atomic E-state index is -0.864. The zero-order chi connectivity index (χ0) is 13.7. The second kappa shape index (κ2) is 6.58. The lowest BCUT2D eigenvalue weighted by molar-refractivity contribution is -0.133. The lowest BCUT2D eigenvalue weighted by Crippen LogP contribution is -2.04. The highest BCUT2D eigenvalue weighted by molar-refractivity contribution is 7.99. The molecule has 1 aromatic heterocycles. The smallest absolute Gasteiger partial charge is 0.313 e. The standard InChI is InChI=1S/C12H12ClN3O2S/c13-10-3-1-9(2-4-10)5-6-16-8-14-15-12(16)19-7-11(17)18/h1-4,8H,5-7H2,(H,17,18). The summed E-state index contributed by atoms with van der Waals surface area (Å²) >= 11 is 6.99. The fraction of sp³-hybridized carbons (Fsp3) is 0.250. The van der Waals surface area contributed by atoms with Crippen molar-refractivity contribution in [3.05, 3.63) is 41.2 Å². The fourth-order valence-corrected chi connectivity index (χ4v) is 2.32. The van der Waals surface area contributed by atoms with Gasteiger partial charge in [0.05, 0.1) is 5.75 Å². The van der Waals surface area contributed by atoms with Crippen LogP contribution in [0, 0.1) is 0 Å². The molecule has 100 valence electrons. The average Bonchev–Trinajstić information content (AvgIpc) is 2.83. The van der Waals surface area contributed by atoms with Crippen molar-refractivity contribution in [1.29, 1.82) is 0 Å². The molecule has 0 bridgehead atoms. The Bertz CT molecular complexity index is 556. The summed E-state index contributed by atoms with van der Waals surface area (Å²) in [5, 5.41) is 17.7. The number of rotatable bonds is 6. The molecule has 0 radical (unpaired) electrons. The number of carbonyl (C=O) groups is 1. The van der Waals surface area contributed by atoms with Gasteiger partial charge in [0.25, 0.3) is 0 Å². The number of hydrogen-bond donors (Lipinski definition) is 1. The number of halogens is 1. The number of aliphatic carboxylic acids is 1. The summed E-state index contributed by atoms with van der Waals surface area (Å²) in [5.74, 6) is -0.878. The van der Waals surface area contributed by atoms with Crippen molar-refractivity contribution < 1.29 is 9.90 Å². The quantitative estimate of drug-likeness (QED) is 0.829. The summed E-state index contributed by atoms with van der Waals surface area (Å²) in [6, 6.07) is 7.64. The van der Waals surface area contributed by atoms with Gasteiger partial charge >= 0.3 is 5.97 Å². The van der Waals surface area contributed by atoms with Crippen LogP contribution < -0.4 is 0 Å². The minimum Gasteiger partial charge on any atom is -0.481 e. The van der Waals surface area contributed by atoms with Crippen molar-refractivity contribution in [2.24, 2.45) is 0 Å². The molecular weight excluding hydrogens is 286 g/mol. The lowest BCUT2D eigenvalue weighted by Gasteiger charge is -2.05. The average molecular weight is 298 g/mol. The van der Waals surface area contributed by atoms with Gasteiger partial charge in [0, 0.05) is 11.6 Å². The van der Waals surface area contributed by atoms with Gasteiger partial charge in [-0.3, -0.25) is 4.79 Å². The number of carboxylic acids is 1. The van der Waals surface area contributed by atoms with Crippen LogP contribution in [0.1, 0.15) is 5.56 Å². The molecule has 1 aromatic carbocycles. The number of carboxylic acid groups (broad SMARTS) is 1. The van der Waals surface area contributed by atoms with Crippen molar-refractivity contribution in [3.8, 4) is 0 Å². The summed E-state index contributed by atoms with van der Waals surface area (Å²) in [6.45, 7) is 0.705. The Labute approximate surface area is 119 Å². The molecule has 0 saturated heterocycles. The highest BCUT2D eigenvalue weighted by Crippen LogP contribution is 2.15. The highest BCUT2D eigenvalue weighted by Gasteiger charge is 2.07. The van der Waals surface area contributed by atoms with Crippen LogP contribution in [0.25, 0.3) is 0 Å². The van der Waals surface area contributed by atoms with Crippen molar-refractivity contribution in [1.82, 2.24) is 14.8 Å². The van der Waals surface area contributed by atoms with Crippen LogP contribution in [-0.4, -0.2) is 31.6 Å². The third-order valence-electron chi connectivity index (χ3n) is 2.46. The molecule has 0 aliphatic heterocycles. The monoisotopic (exact) mass is 297 g/mol. The molecule has 2 aromatic rings. The third kappa shape index (κ3) is 4.25. The summed E-state index contributed by atoms with van der Waals surface area (Å²) in [4.78, 5) is 10.5. The van der Waals surface area contributed by atoms with Gasteiger partial charge in [0.15, 0.2) is 5.16 Å². The number of benzene rings is 1. The third-order valence-corrected chi connectivity index (χ3v) is 3.68. The zero-order valence-corrected chi connectivity index (χ0v) is 11.6. The second-order valence-electron chi connectivity index (χ2n) is 3.87. The molecule has 7 heteroatoms. The van der Waals surface area contributed by atoms with Crippen LogP contribution in [0.5, 0.6) is 0 Å². The number of aryl methyl sites for hydroxylation is 2. The molecule has 0 unspecified atom stereocenters. The van der Waals surface area contributed by atoms with E-state index in [9.17, 15) is 4.79 Å². The Hall–Kier alpha value is -1.53. The summed E-state index contributed by atoms with van der Waals surface area (Å²) in [5.41, 5.74) is 1.16. The van der Waals surface area contributed by atoms with Gasteiger partial charge in [-0.15, -0.1) is 10.2 Å². The molecule has 0 amide bonds. The van der Waals surface area contributed by atoms with E-state index in [1.165, 1.54) is 11.8 Å². The molecule has 0 fully saturated rings. The Kier molecular flexibility index (Phi) is 4.81. The highest BCUT2D eigenvalue weighted by atomic mass is 35.5. The molecule has 1 heterocycles. The number of thioether (sulfide) groups is 1. The van der Waals surface area contributed by atoms with Crippen molar-refractivity contribution in [2.45, 2.75) is 18.1 Å². The SMILES string of the molecule is O=C(O)CSc1nncn1CCc1ccc(Cl)cc1. The molecular formula is C12H12ClN3O2S. The predicted octanol–water partition coefficient (Wildman–Crippen LogP) is 2.35. The van der Waals surface area contributed by atoms with E-state index >= 15 is 0 Å². The van der Waals surface area contributed by atoms with E-state index in [2.05, 4.69) is 10.2 Å². The van der Waals surface area contributed by atoms with Gasteiger partial charge in [0.2, 0.25) is 0 Å². The van der Waals surface area contributed by atoms with Gasteiger partial charge in [-0.2, -0.15) is 0 Å². The Morgan fingerprint density at radius 2 is 2.11 bits per heavy atom. The first kappa shape index (κ1) is 13.9. The summed E-state index contributed by atoms with van der Waals surface area (Å²) < 4.78 is 1.85. The molecule has 0 atom stereocenters. The fourth-order valence-electron chi connectivity index (χ4n) is 1.54. The van der Waals surface area contributed by atoms with Crippen LogP contribution in [0.15, 0.2) is 35.7 Å². The second-order valence-corrected chi connectivity index (χ2v) is 5.24. The van der Waals surface area contributed by atoms with E-state index in [4.69, 9.17) is 16.7 Å². The normalized spacial score (nSPS) is 10.6. The Morgan fingerprint density at radius 3 is 2.79 bits per heavy atom. The van der Waals surface area contributed by atoms with Crippen LogP contribution in [0.3, 0.4) is 0 Å². The van der Waals surface area contributed by atoms with E-state index in [-0.39, 0.29) is 5.75 Å². The van der Waals surface area contributed by atoms with E-state index < -0.39 is 5.97 Å². The molecule has 0 spiro atoms. The van der Waals surface area contributed by atoms with E-state index in [1.54, 1.807) is 6.33 Å². The molecule has 0 aliphatic rings. The summed E-state index contributed by atoms with van der Waals surface area (Å²) in [6.07, 6.45) is 2.43. The van der Waals surface area contributed by atoms with Gasteiger partial charge < -0.3 is 9.67 Å². The van der Waals surface area contributed by atoms with Crippen LogP contribution in [0.4, 0.5) is 0 Å². The molecule has 2 rings (SSSR count). The van der Waals surface area contributed by atoms with Crippen molar-refractivity contribution >= 4 is 29.3 Å². The molecule has 5 nitrogen and oxygen atoms in total. The largest absolute Gasteiger partial charge is 0.481 e. The van der Waals surface area contributed by atoms with Crippen molar-refractivity contribution in [2.75, 3.05) is 5.75 Å². The first-order valence-corrected chi connectivity index (χ1v) is 6.98. The van der Waals surface area contributed by atoms with Gasteiger partial charge in [-0.25, -0.2) is 0 Å². The van der Waals surface area contributed by atoms with Crippen molar-refractivity contribution in [3.63, 3.8) is 0 Å². The van der Waals surface area contributed by atoms with E-state index in [0.29, 0.717) is 16.7 Å². The molecule has 19 heavy (non-hydrogen) atoms. The maximum Gasteiger partial charge on any atom is 0.313 e. The lowest BCUT2D eigenvalue weighted by atomic mass is 10.1. The van der Waals surface area contributed by atoms with E-state index in [1.807, 2.05) is 28.8 Å². The maximum absolute atomic E-state index is 10.5. The predicted molar refractivity (Wildman–Crippen MR) is 73.5 cm³/mol. The van der Waals surface area contributed by atoms with Gasteiger partial charge in [0.1, 0.15) is 6.33 Å². The zero-order valence-electron chi connectivity index (χ0n) is 9.99. The minimum absolute atomic E-state index is 0.0142. The number of nitrogens with zero attached hydrogens (tertiary/aromatic N) is 3. The molecule has 0 aliphatic carbocycles. The first-order chi connectivity index (χ1) is 9.15. The topological polar surface area (TPSA) is 68.0 Å². The Balaban J connectivity index is 1.94. The van der Waals surface area contributed by atoms with Crippen LogP contribution >= 0.6 is 23.4 Å². The molecule has 1 N–H and O–H groups in total. The Morgan fingerprint density at radius 1 is 1.37 bits per heavy atom. The van der Waals surface area contributed by atoms with E-state index in [0.717, 1.165) is 12.0 Å². The maximum atomic E-state index is 10.5. The molecule has 0 saturated carbocycles.